The van der Waals surface area contributed by atoms with Crippen molar-refractivity contribution in [2.24, 2.45) is 5.92 Å². The van der Waals surface area contributed by atoms with Gasteiger partial charge in [-0.15, -0.1) is 0 Å². The first-order valence-electron chi connectivity index (χ1n) is 8.02. The fraction of sp³-hybridized carbons (Fsp3) is 0.444. The molecule has 0 bridgehead atoms. The van der Waals surface area contributed by atoms with Gasteiger partial charge in [-0.25, -0.2) is 9.97 Å². The van der Waals surface area contributed by atoms with Crippen LogP contribution in [0.5, 0.6) is 0 Å². The van der Waals surface area contributed by atoms with Gasteiger partial charge >= 0.3 is 0 Å². The van der Waals surface area contributed by atoms with Gasteiger partial charge in [0.15, 0.2) is 0 Å². The summed E-state index contributed by atoms with van der Waals surface area (Å²) in [5.41, 5.74) is 3.08. The van der Waals surface area contributed by atoms with Crippen molar-refractivity contribution in [1.29, 1.82) is 0 Å². The highest BCUT2D eigenvalue weighted by Gasteiger charge is 2.26. The Balaban J connectivity index is 1.29. The molecule has 0 unspecified atom stereocenters. The molecule has 108 valence electrons. The molecule has 0 aliphatic heterocycles. The molecule has 0 atom stereocenters. The second kappa shape index (κ2) is 5.47. The molecular formula is C18H21N3. The zero-order valence-electron chi connectivity index (χ0n) is 12.3. The van der Waals surface area contributed by atoms with Gasteiger partial charge in [0.05, 0.1) is 0 Å². The van der Waals surface area contributed by atoms with Gasteiger partial charge in [0.1, 0.15) is 11.6 Å². The summed E-state index contributed by atoms with van der Waals surface area (Å²) >= 11 is 0. The maximum atomic E-state index is 4.62. The molecule has 3 nitrogen and oxygen atoms in total. The summed E-state index contributed by atoms with van der Waals surface area (Å²) in [4.78, 5) is 8.98. The number of nitrogens with one attached hydrogen (secondary N) is 1. The average molecular weight is 279 g/mol. The highest BCUT2D eigenvalue weighted by molar-refractivity contribution is 5.34. The molecule has 2 aliphatic rings. The number of fused-ring (bicyclic) bond motifs is 1. The number of aromatic nitrogens is 2. The van der Waals surface area contributed by atoms with Crippen LogP contribution in [0.3, 0.4) is 0 Å². The normalized spacial score (nSPS) is 17.7. The summed E-state index contributed by atoms with van der Waals surface area (Å²) in [5.74, 6) is 3.41. The van der Waals surface area contributed by atoms with E-state index in [4.69, 9.17) is 0 Å². The molecule has 2 aromatic rings. The van der Waals surface area contributed by atoms with Gasteiger partial charge < -0.3 is 5.32 Å². The molecule has 21 heavy (non-hydrogen) atoms. The van der Waals surface area contributed by atoms with E-state index in [1.54, 1.807) is 11.1 Å². The average Bonchev–Trinajstić information content (AvgIpc) is 3.28. The Labute approximate surface area is 125 Å². The number of anilines is 1. The van der Waals surface area contributed by atoms with Crippen molar-refractivity contribution in [3.05, 3.63) is 53.5 Å². The van der Waals surface area contributed by atoms with Crippen molar-refractivity contribution in [3.8, 4) is 0 Å². The Morgan fingerprint density at radius 1 is 1.05 bits per heavy atom. The van der Waals surface area contributed by atoms with E-state index in [0.717, 1.165) is 24.1 Å². The van der Waals surface area contributed by atoms with Crippen molar-refractivity contribution in [3.63, 3.8) is 0 Å². The zero-order chi connectivity index (χ0) is 14.1. The van der Waals surface area contributed by atoms with Crippen LogP contribution in [0.25, 0.3) is 0 Å². The minimum atomic E-state index is 0.621. The lowest BCUT2D eigenvalue weighted by Gasteiger charge is -2.10. The predicted octanol–water partition coefficient (Wildman–Crippen LogP) is 3.57. The Morgan fingerprint density at radius 2 is 1.81 bits per heavy atom. The fourth-order valence-electron chi connectivity index (χ4n) is 3.27. The standard InChI is InChI=1S/C18H21N3/c1-2-4-16-12-13(11-15(16)3-1)7-9-19-17-8-10-20-18(21-17)14-5-6-14/h1-4,8,10,13-14H,5-7,9,11-12H2,(H,19,20,21). The summed E-state index contributed by atoms with van der Waals surface area (Å²) < 4.78 is 0. The zero-order valence-corrected chi connectivity index (χ0v) is 12.3. The topological polar surface area (TPSA) is 37.8 Å². The molecule has 0 radical (unpaired) electrons. The van der Waals surface area contributed by atoms with Gasteiger partial charge in [0.25, 0.3) is 0 Å². The van der Waals surface area contributed by atoms with Crippen molar-refractivity contribution in [1.82, 2.24) is 9.97 Å². The maximum absolute atomic E-state index is 4.62. The molecule has 1 aromatic heterocycles. The van der Waals surface area contributed by atoms with Crippen molar-refractivity contribution in [2.45, 2.75) is 38.0 Å². The quantitative estimate of drug-likeness (QED) is 0.909. The fourth-order valence-corrected chi connectivity index (χ4v) is 3.27. The molecular weight excluding hydrogens is 258 g/mol. The third-order valence-electron chi connectivity index (χ3n) is 4.61. The van der Waals surface area contributed by atoms with Crippen LogP contribution in [0.15, 0.2) is 36.5 Å². The van der Waals surface area contributed by atoms with Crippen LogP contribution < -0.4 is 5.32 Å². The van der Waals surface area contributed by atoms with Crippen molar-refractivity contribution in [2.75, 3.05) is 11.9 Å². The number of nitrogens with zero attached hydrogens (tertiary/aromatic N) is 2. The van der Waals surface area contributed by atoms with Crippen LogP contribution in [-0.2, 0) is 12.8 Å². The molecule has 2 aliphatic carbocycles. The second-order valence-electron chi connectivity index (χ2n) is 6.33. The first-order chi connectivity index (χ1) is 10.4. The Kier molecular flexibility index (Phi) is 3.34. The van der Waals surface area contributed by atoms with E-state index in [-0.39, 0.29) is 0 Å². The summed E-state index contributed by atoms with van der Waals surface area (Å²) in [6.45, 7) is 1.000. The summed E-state index contributed by atoms with van der Waals surface area (Å²) in [6.07, 6.45) is 8.06. The van der Waals surface area contributed by atoms with Crippen LogP contribution >= 0.6 is 0 Å². The van der Waals surface area contributed by atoms with Crippen LogP contribution in [0, 0.1) is 5.92 Å². The van der Waals surface area contributed by atoms with Crippen LogP contribution in [0.1, 0.15) is 42.1 Å². The molecule has 0 spiro atoms. The molecule has 1 saturated carbocycles. The SMILES string of the molecule is c1ccc2c(c1)CC(CCNc1ccnc(C3CC3)n1)C2. The van der Waals surface area contributed by atoms with Crippen molar-refractivity contribution >= 4 is 5.82 Å². The van der Waals surface area contributed by atoms with Gasteiger partial charge in [0, 0.05) is 18.7 Å². The minimum absolute atomic E-state index is 0.621. The molecule has 1 aromatic carbocycles. The van der Waals surface area contributed by atoms with E-state index >= 15 is 0 Å². The lowest BCUT2D eigenvalue weighted by molar-refractivity contribution is 0.529. The van der Waals surface area contributed by atoms with Gasteiger partial charge in [-0.1, -0.05) is 24.3 Å². The lowest BCUT2D eigenvalue weighted by Crippen LogP contribution is -2.10. The van der Waals surface area contributed by atoms with Gasteiger partial charge in [-0.05, 0) is 55.2 Å². The maximum Gasteiger partial charge on any atom is 0.133 e. The van der Waals surface area contributed by atoms with E-state index in [0.29, 0.717) is 5.92 Å². The minimum Gasteiger partial charge on any atom is -0.370 e. The summed E-state index contributed by atoms with van der Waals surface area (Å²) in [5, 5.41) is 3.47. The summed E-state index contributed by atoms with van der Waals surface area (Å²) in [7, 11) is 0. The number of hydrogen-bond donors (Lipinski definition) is 1. The van der Waals surface area contributed by atoms with Crippen LogP contribution in [0.2, 0.25) is 0 Å². The largest absolute Gasteiger partial charge is 0.370 e. The first kappa shape index (κ1) is 12.8. The monoisotopic (exact) mass is 279 g/mol. The highest BCUT2D eigenvalue weighted by atomic mass is 15.0. The molecule has 3 heteroatoms. The van der Waals surface area contributed by atoms with E-state index in [9.17, 15) is 0 Å². The van der Waals surface area contributed by atoms with Crippen molar-refractivity contribution < 1.29 is 0 Å². The van der Waals surface area contributed by atoms with E-state index < -0.39 is 0 Å². The molecule has 1 fully saturated rings. The summed E-state index contributed by atoms with van der Waals surface area (Å²) in [6, 6.07) is 10.8. The Morgan fingerprint density at radius 3 is 2.52 bits per heavy atom. The smallest absolute Gasteiger partial charge is 0.133 e. The molecule has 1 heterocycles. The molecule has 0 saturated heterocycles. The Hall–Kier alpha value is -1.90. The van der Waals surface area contributed by atoms with E-state index in [1.165, 1.54) is 32.1 Å². The van der Waals surface area contributed by atoms with Crippen LogP contribution in [0.4, 0.5) is 5.82 Å². The third kappa shape index (κ3) is 2.92. The third-order valence-corrected chi connectivity index (χ3v) is 4.61. The van der Waals surface area contributed by atoms with E-state index in [2.05, 4.69) is 39.6 Å². The molecule has 0 amide bonds. The van der Waals surface area contributed by atoms with Crippen LogP contribution in [-0.4, -0.2) is 16.5 Å². The van der Waals surface area contributed by atoms with Gasteiger partial charge in [-0.2, -0.15) is 0 Å². The lowest BCUT2D eigenvalue weighted by atomic mass is 10.0. The molecule has 4 rings (SSSR count). The second-order valence-corrected chi connectivity index (χ2v) is 6.33. The molecule has 1 N–H and O–H groups in total. The van der Waals surface area contributed by atoms with Gasteiger partial charge in [-0.3, -0.25) is 0 Å². The Bertz CT molecular complexity index is 609. The predicted molar refractivity (Wildman–Crippen MR) is 84.5 cm³/mol. The van der Waals surface area contributed by atoms with E-state index in [1.807, 2.05) is 12.3 Å². The number of benzene rings is 1. The number of rotatable bonds is 5. The first-order valence-corrected chi connectivity index (χ1v) is 8.02. The van der Waals surface area contributed by atoms with Gasteiger partial charge in [0.2, 0.25) is 0 Å². The highest BCUT2D eigenvalue weighted by Crippen LogP contribution is 2.38. The number of hydrogen-bond acceptors (Lipinski definition) is 3.